The van der Waals surface area contributed by atoms with Crippen molar-refractivity contribution in [1.29, 1.82) is 0 Å². The van der Waals surface area contributed by atoms with E-state index in [4.69, 9.17) is 0 Å². The standard InChI is InChI=1S/C32H47N7O6/c1-6-8-22(27(40)31(44)35-20-11-12-20)36-30(43)26-21-10-7-9-19(21)16-39(26)32(45)25(18(4)5)38-29(42)24(17(2)3)37-28(41)23-15-33-13-14-34-23/h13-15,17-22,24-26H,6-12,16H2,1-5H3,(H,35,44)(H,36,43)(H,37,41)(H,38,42)/t19-,21-,22?,24+,25-,26?/m0/s1. The van der Waals surface area contributed by atoms with Crippen LogP contribution in [0.3, 0.4) is 0 Å². The fourth-order valence-corrected chi connectivity index (χ4v) is 6.43. The van der Waals surface area contributed by atoms with Crippen LogP contribution in [0.4, 0.5) is 0 Å². The summed E-state index contributed by atoms with van der Waals surface area (Å²) in [5.41, 5.74) is 0.0646. The van der Waals surface area contributed by atoms with E-state index in [9.17, 15) is 28.8 Å². The Hall–Kier alpha value is -3.90. The maximum absolute atomic E-state index is 14.2. The summed E-state index contributed by atoms with van der Waals surface area (Å²) in [5.74, 6) is -3.87. The van der Waals surface area contributed by atoms with Crippen LogP contribution in [-0.4, -0.2) is 86.9 Å². The molecule has 2 unspecified atom stereocenters. The van der Waals surface area contributed by atoms with Crippen molar-refractivity contribution >= 4 is 35.3 Å². The molecule has 1 aromatic heterocycles. The summed E-state index contributed by atoms with van der Waals surface area (Å²) in [7, 11) is 0. The van der Waals surface area contributed by atoms with Crippen LogP contribution in [0.2, 0.25) is 0 Å². The second kappa shape index (κ2) is 14.9. The highest BCUT2D eigenvalue weighted by Gasteiger charge is 2.51. The Morgan fingerprint density at radius 3 is 2.22 bits per heavy atom. The minimum atomic E-state index is -0.982. The van der Waals surface area contributed by atoms with Crippen LogP contribution in [-0.2, 0) is 24.0 Å². The molecule has 6 atom stereocenters. The predicted octanol–water partition coefficient (Wildman–Crippen LogP) is 1.13. The quantitative estimate of drug-likeness (QED) is 0.222. The lowest BCUT2D eigenvalue weighted by molar-refractivity contribution is -0.145. The first-order valence-corrected chi connectivity index (χ1v) is 16.3. The number of hydrogen-bond acceptors (Lipinski definition) is 8. The molecule has 2 heterocycles. The van der Waals surface area contributed by atoms with Gasteiger partial charge in [-0.15, -0.1) is 0 Å². The van der Waals surface area contributed by atoms with Gasteiger partial charge in [0.15, 0.2) is 0 Å². The van der Waals surface area contributed by atoms with Gasteiger partial charge < -0.3 is 26.2 Å². The molecule has 246 valence electrons. The van der Waals surface area contributed by atoms with Crippen LogP contribution in [0.5, 0.6) is 0 Å². The number of carbonyl (C=O) groups excluding carboxylic acids is 6. The first-order valence-electron chi connectivity index (χ1n) is 16.3. The molecule has 0 bridgehead atoms. The van der Waals surface area contributed by atoms with Crippen molar-refractivity contribution in [2.45, 2.75) is 110 Å². The number of likely N-dealkylation sites (tertiary alicyclic amines) is 1. The molecule has 4 N–H and O–H groups in total. The molecule has 1 saturated heterocycles. The minimum absolute atomic E-state index is 0.0143. The zero-order valence-corrected chi connectivity index (χ0v) is 26.9. The minimum Gasteiger partial charge on any atom is -0.347 e. The van der Waals surface area contributed by atoms with Gasteiger partial charge in [-0.25, -0.2) is 4.98 Å². The van der Waals surface area contributed by atoms with Crippen molar-refractivity contribution in [1.82, 2.24) is 36.1 Å². The average molecular weight is 626 g/mol. The number of hydrogen-bond donors (Lipinski definition) is 4. The second-order valence-electron chi connectivity index (χ2n) is 13.3. The molecule has 0 aromatic carbocycles. The lowest BCUT2D eigenvalue weighted by Gasteiger charge is -2.33. The predicted molar refractivity (Wildman–Crippen MR) is 164 cm³/mol. The van der Waals surface area contributed by atoms with Crippen molar-refractivity contribution in [3.63, 3.8) is 0 Å². The van der Waals surface area contributed by atoms with E-state index in [-0.39, 0.29) is 41.3 Å². The lowest BCUT2D eigenvalue weighted by atomic mass is 9.92. The molecular formula is C32H47N7O6. The molecule has 1 aliphatic heterocycles. The smallest absolute Gasteiger partial charge is 0.289 e. The zero-order valence-electron chi connectivity index (χ0n) is 26.9. The number of amides is 5. The number of ketones is 1. The first-order chi connectivity index (χ1) is 21.4. The lowest BCUT2D eigenvalue weighted by Crippen LogP contribution is -2.60. The van der Waals surface area contributed by atoms with Crippen molar-refractivity contribution in [2.75, 3.05) is 6.54 Å². The van der Waals surface area contributed by atoms with E-state index < -0.39 is 53.6 Å². The molecule has 0 spiro atoms. The van der Waals surface area contributed by atoms with E-state index in [2.05, 4.69) is 31.2 Å². The summed E-state index contributed by atoms with van der Waals surface area (Å²) in [6, 6.07) is -3.70. The SMILES string of the molecule is CCCC(NC(=O)C1[C@H]2CCC[C@H]2CN1C(=O)[C@@H](NC(=O)[C@H](NC(=O)c1cnccn1)C(C)C)C(C)C)C(=O)C(=O)NC1CC1. The Bertz CT molecular complexity index is 1270. The molecule has 0 radical (unpaired) electrons. The largest absolute Gasteiger partial charge is 0.347 e. The van der Waals surface area contributed by atoms with Gasteiger partial charge >= 0.3 is 0 Å². The fourth-order valence-electron chi connectivity index (χ4n) is 6.43. The van der Waals surface area contributed by atoms with Gasteiger partial charge in [-0.1, -0.05) is 47.5 Å². The average Bonchev–Trinajstić information content (AvgIpc) is 3.57. The molecule has 1 aromatic rings. The topological polar surface area (TPSA) is 180 Å². The maximum Gasteiger partial charge on any atom is 0.289 e. The van der Waals surface area contributed by atoms with Crippen LogP contribution in [0, 0.1) is 23.7 Å². The van der Waals surface area contributed by atoms with Gasteiger partial charge in [0, 0.05) is 25.0 Å². The van der Waals surface area contributed by atoms with Crippen LogP contribution in [0.1, 0.15) is 90.1 Å². The molecule has 13 heteroatoms. The number of nitrogens with zero attached hydrogens (tertiary/aromatic N) is 3. The van der Waals surface area contributed by atoms with Gasteiger partial charge in [-0.3, -0.25) is 33.8 Å². The third kappa shape index (κ3) is 8.23. The molecule has 5 amide bonds. The molecule has 13 nitrogen and oxygen atoms in total. The number of rotatable bonds is 14. The Kier molecular flexibility index (Phi) is 11.3. The van der Waals surface area contributed by atoms with Crippen molar-refractivity contribution in [2.24, 2.45) is 23.7 Å². The van der Waals surface area contributed by atoms with Crippen LogP contribution in [0.15, 0.2) is 18.6 Å². The Morgan fingerprint density at radius 2 is 1.62 bits per heavy atom. The summed E-state index contributed by atoms with van der Waals surface area (Å²) >= 11 is 0. The van der Waals surface area contributed by atoms with Gasteiger partial charge in [-0.2, -0.15) is 0 Å². The Labute approximate surface area is 264 Å². The van der Waals surface area contributed by atoms with Gasteiger partial charge in [0.2, 0.25) is 23.5 Å². The molecule has 45 heavy (non-hydrogen) atoms. The second-order valence-corrected chi connectivity index (χ2v) is 13.3. The van der Waals surface area contributed by atoms with Crippen molar-refractivity contribution in [3.8, 4) is 0 Å². The number of nitrogens with one attached hydrogen (secondary N) is 4. The van der Waals surface area contributed by atoms with E-state index in [1.165, 1.54) is 18.6 Å². The Balaban J connectivity index is 1.50. The number of carbonyl (C=O) groups is 6. The molecule has 4 rings (SSSR count). The highest BCUT2D eigenvalue weighted by atomic mass is 16.2. The van der Waals surface area contributed by atoms with Crippen LogP contribution in [0.25, 0.3) is 0 Å². The third-order valence-electron chi connectivity index (χ3n) is 9.05. The van der Waals surface area contributed by atoms with Crippen molar-refractivity contribution < 1.29 is 28.8 Å². The van der Waals surface area contributed by atoms with Crippen molar-refractivity contribution in [3.05, 3.63) is 24.3 Å². The van der Waals surface area contributed by atoms with E-state index >= 15 is 0 Å². The first kappa shape index (κ1) is 34.0. The van der Waals surface area contributed by atoms with Gasteiger partial charge in [-0.05, 0) is 55.8 Å². The highest BCUT2D eigenvalue weighted by molar-refractivity contribution is 6.38. The normalized spacial score (nSPS) is 22.7. The fraction of sp³-hybridized carbons (Fsp3) is 0.688. The summed E-state index contributed by atoms with van der Waals surface area (Å²) < 4.78 is 0. The molecular weight excluding hydrogens is 578 g/mol. The highest BCUT2D eigenvalue weighted by Crippen LogP contribution is 2.42. The van der Waals surface area contributed by atoms with Gasteiger partial charge in [0.1, 0.15) is 23.8 Å². The molecule has 2 saturated carbocycles. The third-order valence-corrected chi connectivity index (χ3v) is 9.05. The summed E-state index contributed by atoms with van der Waals surface area (Å²) in [5, 5.41) is 11.1. The zero-order chi connectivity index (χ0) is 32.8. The van der Waals surface area contributed by atoms with E-state index in [1.807, 2.05) is 20.8 Å². The monoisotopic (exact) mass is 625 g/mol. The van der Waals surface area contributed by atoms with Gasteiger partial charge in [0.05, 0.1) is 12.2 Å². The molecule has 2 aliphatic carbocycles. The summed E-state index contributed by atoms with van der Waals surface area (Å²) in [6.07, 6.45) is 9.28. The maximum atomic E-state index is 14.2. The molecule has 3 aliphatic rings. The summed E-state index contributed by atoms with van der Waals surface area (Å²) in [4.78, 5) is 89.4. The van der Waals surface area contributed by atoms with Crippen LogP contribution >= 0.6 is 0 Å². The number of Topliss-reactive ketones (excluding diaryl/α,β-unsaturated/α-hetero) is 1. The number of fused-ring (bicyclic) bond motifs is 1. The van der Waals surface area contributed by atoms with E-state index in [1.54, 1.807) is 18.7 Å². The Morgan fingerprint density at radius 1 is 0.911 bits per heavy atom. The van der Waals surface area contributed by atoms with E-state index in [0.29, 0.717) is 19.4 Å². The summed E-state index contributed by atoms with van der Waals surface area (Å²) in [6.45, 7) is 9.44. The molecule has 3 fully saturated rings. The van der Waals surface area contributed by atoms with Gasteiger partial charge in [0.25, 0.3) is 11.8 Å². The van der Waals surface area contributed by atoms with Crippen LogP contribution < -0.4 is 21.3 Å². The van der Waals surface area contributed by atoms with E-state index in [0.717, 1.165) is 32.1 Å². The number of aromatic nitrogens is 2.